The van der Waals surface area contributed by atoms with Crippen LogP contribution < -0.4 is 15.4 Å². The lowest BCUT2D eigenvalue weighted by atomic mass is 10.1. The molecule has 2 amide bonds. The second kappa shape index (κ2) is 6.71. The molecule has 1 fully saturated rings. The van der Waals surface area contributed by atoms with Crippen molar-refractivity contribution in [2.24, 2.45) is 0 Å². The van der Waals surface area contributed by atoms with Gasteiger partial charge in [-0.15, -0.1) is 11.3 Å². The quantitative estimate of drug-likeness (QED) is 0.839. The van der Waals surface area contributed by atoms with Crippen molar-refractivity contribution >= 4 is 23.2 Å². The number of carbonyl (C=O) groups is 2. The number of piperazine rings is 1. The number of amides is 2. The fourth-order valence-electron chi connectivity index (χ4n) is 2.22. The van der Waals surface area contributed by atoms with Gasteiger partial charge >= 0.3 is 0 Å². The largest absolute Gasteiger partial charge is 0.495 e. The van der Waals surface area contributed by atoms with Crippen molar-refractivity contribution in [1.29, 1.82) is 0 Å². The van der Waals surface area contributed by atoms with Crippen molar-refractivity contribution in [3.63, 3.8) is 0 Å². The van der Waals surface area contributed by atoms with Crippen LogP contribution in [0, 0.1) is 0 Å². The van der Waals surface area contributed by atoms with Crippen LogP contribution in [-0.4, -0.2) is 56.0 Å². The Balaban J connectivity index is 2.19. The van der Waals surface area contributed by atoms with Gasteiger partial charge in [-0.3, -0.25) is 9.59 Å². The first-order valence-corrected chi connectivity index (χ1v) is 7.47. The molecule has 110 valence electrons. The molecular formula is C13H19N3O3S. The van der Waals surface area contributed by atoms with E-state index < -0.39 is 6.04 Å². The molecule has 2 N–H and O–H groups in total. The highest BCUT2D eigenvalue weighted by Gasteiger charge is 2.33. The van der Waals surface area contributed by atoms with Gasteiger partial charge in [-0.2, -0.15) is 0 Å². The Morgan fingerprint density at radius 1 is 1.60 bits per heavy atom. The smallest absolute Gasteiger partial charge is 0.268 e. The van der Waals surface area contributed by atoms with Crippen LogP contribution in [0.3, 0.4) is 0 Å². The number of ether oxygens (including phenoxy) is 1. The molecule has 2 rings (SSSR count). The summed E-state index contributed by atoms with van der Waals surface area (Å²) in [5, 5.41) is 7.74. The Morgan fingerprint density at radius 2 is 2.40 bits per heavy atom. The molecule has 1 atom stereocenters. The van der Waals surface area contributed by atoms with Crippen LogP contribution in [-0.2, 0) is 4.79 Å². The first-order valence-electron chi connectivity index (χ1n) is 6.60. The van der Waals surface area contributed by atoms with Crippen molar-refractivity contribution in [2.45, 2.75) is 13.0 Å². The Morgan fingerprint density at radius 3 is 3.10 bits per heavy atom. The molecule has 6 nitrogen and oxygen atoms in total. The highest BCUT2D eigenvalue weighted by atomic mass is 32.1. The van der Waals surface area contributed by atoms with E-state index in [2.05, 4.69) is 10.6 Å². The maximum Gasteiger partial charge on any atom is 0.268 e. The number of nitrogens with zero attached hydrogens (tertiary/aromatic N) is 1. The van der Waals surface area contributed by atoms with Gasteiger partial charge in [0.2, 0.25) is 5.91 Å². The first-order chi connectivity index (χ1) is 9.69. The third-order valence-electron chi connectivity index (χ3n) is 3.20. The number of methoxy groups -OCH3 is 1. The molecule has 0 aliphatic carbocycles. The monoisotopic (exact) mass is 297 g/mol. The van der Waals surface area contributed by atoms with Gasteiger partial charge in [0.1, 0.15) is 16.7 Å². The van der Waals surface area contributed by atoms with E-state index in [4.69, 9.17) is 4.74 Å². The minimum Gasteiger partial charge on any atom is -0.495 e. The molecule has 1 aromatic heterocycles. The fraction of sp³-hybridized carbons (Fsp3) is 0.538. The molecule has 1 aromatic rings. The highest BCUT2D eigenvalue weighted by molar-refractivity contribution is 7.12. The summed E-state index contributed by atoms with van der Waals surface area (Å²) in [6.45, 7) is 4.10. The zero-order chi connectivity index (χ0) is 14.5. The Kier molecular flexibility index (Phi) is 4.97. The molecule has 2 heterocycles. The van der Waals surface area contributed by atoms with Crippen LogP contribution in [0.25, 0.3) is 0 Å². The maximum absolute atomic E-state index is 12.6. The second-order valence-corrected chi connectivity index (χ2v) is 5.35. The van der Waals surface area contributed by atoms with Crippen LogP contribution in [0.5, 0.6) is 5.75 Å². The predicted molar refractivity (Wildman–Crippen MR) is 77.2 cm³/mol. The summed E-state index contributed by atoms with van der Waals surface area (Å²) in [7, 11) is 1.54. The highest BCUT2D eigenvalue weighted by Crippen LogP contribution is 2.26. The lowest BCUT2D eigenvalue weighted by Gasteiger charge is -2.35. The molecule has 0 radical (unpaired) electrons. The number of hydrogen-bond acceptors (Lipinski definition) is 5. The molecule has 1 aliphatic heterocycles. The summed E-state index contributed by atoms with van der Waals surface area (Å²) in [6.07, 6.45) is 0. The molecule has 0 bridgehead atoms. The molecule has 0 aromatic carbocycles. The Labute approximate surface area is 122 Å². The summed E-state index contributed by atoms with van der Waals surface area (Å²) < 4.78 is 5.19. The summed E-state index contributed by atoms with van der Waals surface area (Å²) in [6, 6.07) is 1.30. The van der Waals surface area contributed by atoms with Crippen LogP contribution in [0.2, 0.25) is 0 Å². The number of hydrogen-bond donors (Lipinski definition) is 2. The number of carbonyl (C=O) groups excluding carboxylic acids is 2. The van der Waals surface area contributed by atoms with Crippen LogP contribution in [0.4, 0.5) is 0 Å². The summed E-state index contributed by atoms with van der Waals surface area (Å²) in [5.74, 6) is 0.298. The molecule has 1 unspecified atom stereocenters. The molecule has 1 saturated heterocycles. The lowest BCUT2D eigenvalue weighted by Crippen LogP contribution is -2.59. The van der Waals surface area contributed by atoms with E-state index in [1.807, 2.05) is 12.3 Å². The number of rotatable bonds is 4. The second-order valence-electron chi connectivity index (χ2n) is 4.43. The molecule has 20 heavy (non-hydrogen) atoms. The van der Waals surface area contributed by atoms with E-state index in [0.717, 1.165) is 0 Å². The Bertz CT molecular complexity index is 489. The van der Waals surface area contributed by atoms with E-state index in [1.165, 1.54) is 18.4 Å². The van der Waals surface area contributed by atoms with Crippen molar-refractivity contribution in [3.8, 4) is 5.75 Å². The molecule has 0 spiro atoms. The van der Waals surface area contributed by atoms with Gasteiger partial charge in [0.25, 0.3) is 5.91 Å². The minimum absolute atomic E-state index is 0.122. The molecule has 0 saturated carbocycles. The van der Waals surface area contributed by atoms with Gasteiger partial charge in [0, 0.05) is 26.2 Å². The van der Waals surface area contributed by atoms with Gasteiger partial charge < -0.3 is 20.3 Å². The van der Waals surface area contributed by atoms with Crippen molar-refractivity contribution < 1.29 is 14.3 Å². The van der Waals surface area contributed by atoms with Crippen LogP contribution >= 0.6 is 11.3 Å². The van der Waals surface area contributed by atoms with Gasteiger partial charge in [-0.25, -0.2) is 0 Å². The predicted octanol–water partition coefficient (Wildman–Crippen LogP) is 0.307. The zero-order valence-electron chi connectivity index (χ0n) is 11.6. The molecule has 7 heteroatoms. The van der Waals surface area contributed by atoms with Gasteiger partial charge in [0.05, 0.1) is 7.11 Å². The fourth-order valence-corrected chi connectivity index (χ4v) is 3.03. The van der Waals surface area contributed by atoms with Crippen LogP contribution in [0.1, 0.15) is 16.6 Å². The summed E-state index contributed by atoms with van der Waals surface area (Å²) in [5.41, 5.74) is 0. The van der Waals surface area contributed by atoms with Crippen molar-refractivity contribution in [2.75, 3.05) is 33.3 Å². The van der Waals surface area contributed by atoms with Gasteiger partial charge in [-0.05, 0) is 18.4 Å². The van der Waals surface area contributed by atoms with Crippen molar-refractivity contribution in [3.05, 3.63) is 16.3 Å². The normalized spacial score (nSPS) is 18.7. The maximum atomic E-state index is 12.6. The van der Waals surface area contributed by atoms with E-state index in [9.17, 15) is 9.59 Å². The third kappa shape index (κ3) is 2.94. The number of thiophene rings is 1. The van der Waals surface area contributed by atoms with E-state index in [0.29, 0.717) is 36.8 Å². The SMILES string of the molecule is CCNC(=O)C1CNCCN1C(=O)c1sccc1OC. The lowest BCUT2D eigenvalue weighted by molar-refractivity contribution is -0.126. The topological polar surface area (TPSA) is 70.7 Å². The van der Waals surface area contributed by atoms with E-state index in [1.54, 1.807) is 11.0 Å². The van der Waals surface area contributed by atoms with Crippen molar-refractivity contribution in [1.82, 2.24) is 15.5 Å². The molecule has 1 aliphatic rings. The minimum atomic E-state index is -0.469. The average Bonchev–Trinajstić information content (AvgIpc) is 2.95. The number of nitrogens with one attached hydrogen (secondary N) is 2. The first kappa shape index (κ1) is 14.8. The van der Waals surface area contributed by atoms with Gasteiger partial charge in [-0.1, -0.05) is 0 Å². The van der Waals surface area contributed by atoms with Gasteiger partial charge in [0.15, 0.2) is 0 Å². The zero-order valence-corrected chi connectivity index (χ0v) is 12.5. The summed E-state index contributed by atoms with van der Waals surface area (Å²) in [4.78, 5) is 26.8. The average molecular weight is 297 g/mol. The van der Waals surface area contributed by atoms with E-state index >= 15 is 0 Å². The van der Waals surface area contributed by atoms with Crippen LogP contribution in [0.15, 0.2) is 11.4 Å². The number of likely N-dealkylation sites (N-methyl/N-ethyl adjacent to an activating group) is 1. The standard InChI is InChI=1S/C13H19N3O3S/c1-3-15-12(17)9-8-14-5-6-16(9)13(18)11-10(19-2)4-7-20-11/h4,7,9,14H,3,5-6,8H2,1-2H3,(H,15,17). The van der Waals surface area contributed by atoms with E-state index in [-0.39, 0.29) is 11.8 Å². The molecular weight excluding hydrogens is 278 g/mol. The summed E-state index contributed by atoms with van der Waals surface area (Å²) >= 11 is 1.33. The third-order valence-corrected chi connectivity index (χ3v) is 4.08. The Hall–Kier alpha value is -1.60.